The van der Waals surface area contributed by atoms with E-state index in [0.717, 1.165) is 0 Å². The minimum absolute atomic E-state index is 0.107. The smallest absolute Gasteiger partial charge is 0.326 e. The van der Waals surface area contributed by atoms with Gasteiger partial charge in [-0.05, 0) is 26.8 Å². The summed E-state index contributed by atoms with van der Waals surface area (Å²) in [6.07, 6.45) is 0. The Morgan fingerprint density at radius 3 is 2.43 bits per heavy atom. The Bertz CT molecular complexity index is 550. The van der Waals surface area contributed by atoms with E-state index in [1.54, 1.807) is 19.9 Å². The number of hydrogen-bond acceptors (Lipinski definition) is 4. The zero-order valence-corrected chi connectivity index (χ0v) is 12.6. The first-order valence-corrected chi connectivity index (χ1v) is 6.59. The van der Waals surface area contributed by atoms with Gasteiger partial charge in [-0.2, -0.15) is 0 Å². The summed E-state index contributed by atoms with van der Waals surface area (Å²) in [7, 11) is 0. The van der Waals surface area contributed by atoms with Crippen molar-refractivity contribution in [2.24, 2.45) is 0 Å². The summed E-state index contributed by atoms with van der Waals surface area (Å²) in [6, 6.07) is 0.582. The molecule has 1 heterocycles. The lowest BCUT2D eigenvalue weighted by atomic mass is 10.1. The maximum absolute atomic E-state index is 12.5. The highest BCUT2D eigenvalue weighted by Gasteiger charge is 2.28. The van der Waals surface area contributed by atoms with E-state index < -0.39 is 17.9 Å². The van der Waals surface area contributed by atoms with Crippen molar-refractivity contribution in [2.75, 3.05) is 13.1 Å². The van der Waals surface area contributed by atoms with Crippen LogP contribution in [0.5, 0.6) is 0 Å². The number of amides is 2. The van der Waals surface area contributed by atoms with Crippen LogP contribution in [0.15, 0.2) is 10.5 Å². The minimum atomic E-state index is -1.11. The predicted octanol–water partition coefficient (Wildman–Crippen LogP) is 0.948. The Balaban J connectivity index is 2.94. The van der Waals surface area contributed by atoms with Crippen molar-refractivity contribution in [3.8, 4) is 0 Å². The topological polar surface area (TPSA) is 99.9 Å². The highest BCUT2D eigenvalue weighted by Crippen LogP contribution is 2.17. The van der Waals surface area contributed by atoms with Crippen molar-refractivity contribution in [1.29, 1.82) is 0 Å². The highest BCUT2D eigenvalue weighted by molar-refractivity contribution is 5.97. The molecule has 0 radical (unpaired) electrons. The molecule has 2 N–H and O–H groups in total. The number of rotatable bonds is 6. The number of furan rings is 1. The molecular weight excluding hydrogens is 276 g/mol. The summed E-state index contributed by atoms with van der Waals surface area (Å²) in [5, 5.41) is 11.7. The van der Waals surface area contributed by atoms with Crippen LogP contribution in [0, 0.1) is 13.8 Å². The van der Waals surface area contributed by atoms with E-state index in [1.807, 2.05) is 0 Å². The lowest BCUT2D eigenvalue weighted by Gasteiger charge is -2.26. The van der Waals surface area contributed by atoms with Crippen LogP contribution in [-0.2, 0) is 9.59 Å². The van der Waals surface area contributed by atoms with Gasteiger partial charge in [-0.25, -0.2) is 4.79 Å². The Kier molecular flexibility index (Phi) is 5.52. The molecule has 0 aliphatic carbocycles. The third-order valence-electron chi connectivity index (χ3n) is 3.08. The maximum Gasteiger partial charge on any atom is 0.326 e. The predicted molar refractivity (Wildman–Crippen MR) is 75.0 cm³/mol. The molecular formula is C14H20N2O5. The third kappa shape index (κ3) is 4.34. The largest absolute Gasteiger partial charge is 0.480 e. The van der Waals surface area contributed by atoms with Gasteiger partial charge in [-0.15, -0.1) is 0 Å². The normalized spacial score (nSPS) is 11.8. The molecule has 1 rings (SSSR count). The fraction of sp³-hybridized carbons (Fsp3) is 0.500. The van der Waals surface area contributed by atoms with Crippen molar-refractivity contribution < 1.29 is 23.9 Å². The van der Waals surface area contributed by atoms with Gasteiger partial charge in [-0.1, -0.05) is 0 Å². The zero-order valence-electron chi connectivity index (χ0n) is 12.6. The van der Waals surface area contributed by atoms with Gasteiger partial charge < -0.3 is 19.7 Å². The monoisotopic (exact) mass is 296 g/mol. The van der Waals surface area contributed by atoms with E-state index in [9.17, 15) is 14.4 Å². The van der Waals surface area contributed by atoms with Gasteiger partial charge in [0, 0.05) is 20.0 Å². The van der Waals surface area contributed by atoms with Gasteiger partial charge in [0.1, 0.15) is 17.6 Å². The second-order valence-corrected chi connectivity index (χ2v) is 4.82. The molecule has 0 saturated heterocycles. The Morgan fingerprint density at radius 2 is 2.00 bits per heavy atom. The molecule has 0 bridgehead atoms. The molecule has 0 aliphatic rings. The summed E-state index contributed by atoms with van der Waals surface area (Å²) in [5.74, 6) is -0.741. The first-order chi connectivity index (χ1) is 9.73. The van der Waals surface area contributed by atoms with E-state index in [4.69, 9.17) is 9.52 Å². The van der Waals surface area contributed by atoms with Crippen molar-refractivity contribution in [3.63, 3.8) is 0 Å². The molecule has 0 aromatic carbocycles. The molecule has 1 aromatic heterocycles. The minimum Gasteiger partial charge on any atom is -0.480 e. The fourth-order valence-electron chi connectivity index (χ4n) is 1.95. The summed E-state index contributed by atoms with van der Waals surface area (Å²) < 4.78 is 5.30. The molecule has 21 heavy (non-hydrogen) atoms. The number of hydrogen-bond donors (Lipinski definition) is 2. The van der Waals surface area contributed by atoms with Gasteiger partial charge in [0.15, 0.2) is 0 Å². The van der Waals surface area contributed by atoms with Crippen molar-refractivity contribution in [1.82, 2.24) is 10.2 Å². The average molecular weight is 296 g/mol. The lowest BCUT2D eigenvalue weighted by Crippen LogP contribution is -2.46. The van der Waals surface area contributed by atoms with Crippen LogP contribution in [0.4, 0.5) is 0 Å². The standard InChI is InChI=1S/C14H20N2O5/c1-8-7-12(10(3)21-8)13(18)16(9(2)14(19)20)6-5-15-11(4)17/h7,9H,5-6H2,1-4H3,(H,15,17)(H,19,20). The van der Waals surface area contributed by atoms with Crippen LogP contribution in [0.2, 0.25) is 0 Å². The van der Waals surface area contributed by atoms with Crippen molar-refractivity contribution in [3.05, 3.63) is 23.2 Å². The molecule has 1 aromatic rings. The third-order valence-corrected chi connectivity index (χ3v) is 3.08. The van der Waals surface area contributed by atoms with Crippen LogP contribution in [0.3, 0.4) is 0 Å². The number of carboxylic acid groups (broad SMARTS) is 1. The molecule has 0 saturated carbocycles. The van der Waals surface area contributed by atoms with Crippen molar-refractivity contribution in [2.45, 2.75) is 33.7 Å². The average Bonchev–Trinajstić information content (AvgIpc) is 2.72. The van der Waals surface area contributed by atoms with Crippen LogP contribution >= 0.6 is 0 Å². The molecule has 1 atom stereocenters. The first kappa shape index (κ1) is 16.7. The van der Waals surface area contributed by atoms with Gasteiger partial charge >= 0.3 is 5.97 Å². The van der Waals surface area contributed by atoms with Gasteiger partial charge in [0.2, 0.25) is 5.91 Å². The molecule has 0 spiro atoms. The molecule has 0 fully saturated rings. The fourth-order valence-corrected chi connectivity index (χ4v) is 1.95. The molecule has 7 nitrogen and oxygen atoms in total. The van der Waals surface area contributed by atoms with Gasteiger partial charge in [0.05, 0.1) is 5.56 Å². The maximum atomic E-state index is 12.5. The number of carboxylic acids is 1. The van der Waals surface area contributed by atoms with E-state index in [-0.39, 0.29) is 19.0 Å². The first-order valence-electron chi connectivity index (χ1n) is 6.59. The number of aliphatic carboxylic acids is 1. The number of carbonyl (C=O) groups is 3. The van der Waals surface area contributed by atoms with E-state index in [1.165, 1.54) is 18.7 Å². The van der Waals surface area contributed by atoms with Gasteiger partial charge in [-0.3, -0.25) is 9.59 Å². The van der Waals surface area contributed by atoms with Crippen molar-refractivity contribution >= 4 is 17.8 Å². The summed E-state index contributed by atoms with van der Waals surface area (Å²) >= 11 is 0. The van der Waals surface area contributed by atoms with E-state index >= 15 is 0 Å². The number of aryl methyl sites for hydroxylation is 2. The highest BCUT2D eigenvalue weighted by atomic mass is 16.4. The molecule has 7 heteroatoms. The quantitative estimate of drug-likeness (QED) is 0.814. The number of nitrogens with zero attached hydrogens (tertiary/aromatic N) is 1. The lowest BCUT2D eigenvalue weighted by molar-refractivity contribution is -0.141. The van der Waals surface area contributed by atoms with Crippen LogP contribution < -0.4 is 5.32 Å². The number of carbonyl (C=O) groups excluding carboxylic acids is 2. The SMILES string of the molecule is CC(=O)NCCN(C(=O)c1cc(C)oc1C)C(C)C(=O)O. The molecule has 116 valence electrons. The second-order valence-electron chi connectivity index (χ2n) is 4.82. The zero-order chi connectivity index (χ0) is 16.2. The Labute approximate surface area is 122 Å². The molecule has 0 aliphatic heterocycles. The Morgan fingerprint density at radius 1 is 1.38 bits per heavy atom. The Hall–Kier alpha value is -2.31. The van der Waals surface area contributed by atoms with E-state index in [0.29, 0.717) is 17.1 Å². The molecule has 2 amide bonds. The van der Waals surface area contributed by atoms with Crippen LogP contribution in [0.25, 0.3) is 0 Å². The van der Waals surface area contributed by atoms with Crippen LogP contribution in [-0.4, -0.2) is 46.9 Å². The summed E-state index contributed by atoms with van der Waals surface area (Å²) in [4.78, 5) is 35.7. The molecule has 1 unspecified atom stereocenters. The van der Waals surface area contributed by atoms with E-state index in [2.05, 4.69) is 5.32 Å². The number of nitrogens with one attached hydrogen (secondary N) is 1. The summed E-state index contributed by atoms with van der Waals surface area (Å²) in [6.45, 7) is 6.44. The summed E-state index contributed by atoms with van der Waals surface area (Å²) in [5.41, 5.74) is 0.337. The second kappa shape index (κ2) is 6.92. The van der Waals surface area contributed by atoms with Crippen LogP contribution in [0.1, 0.15) is 35.7 Å². The van der Waals surface area contributed by atoms with Gasteiger partial charge in [0.25, 0.3) is 5.91 Å².